The number of carbonyl (C=O) groups excluding carboxylic acids is 1. The van der Waals surface area contributed by atoms with Crippen molar-refractivity contribution in [3.8, 4) is 11.5 Å². The molecule has 0 unspecified atom stereocenters. The molecule has 1 aromatic carbocycles. The second-order valence-electron chi connectivity index (χ2n) is 5.31. The van der Waals surface area contributed by atoms with E-state index in [0.29, 0.717) is 18.9 Å². The third-order valence-electron chi connectivity index (χ3n) is 3.87. The Morgan fingerprint density at radius 1 is 1.40 bits per heavy atom. The summed E-state index contributed by atoms with van der Waals surface area (Å²) in [6.07, 6.45) is 3.19. The van der Waals surface area contributed by atoms with Crippen LogP contribution >= 0.6 is 0 Å². The summed E-state index contributed by atoms with van der Waals surface area (Å²) >= 11 is 0. The maximum Gasteiger partial charge on any atom is 0.255 e. The van der Waals surface area contributed by atoms with Crippen molar-refractivity contribution in [2.45, 2.75) is 19.3 Å². The molecule has 110 valence electrons. The highest BCUT2D eigenvalue weighted by atomic mass is 16.5. The second kappa shape index (κ2) is 6.13. The van der Waals surface area contributed by atoms with E-state index in [1.165, 1.54) is 13.2 Å². The number of rotatable bonds is 7. The number of ether oxygens (including phenoxy) is 2. The summed E-state index contributed by atoms with van der Waals surface area (Å²) in [7, 11) is 3.20. The van der Waals surface area contributed by atoms with Gasteiger partial charge in [-0.3, -0.25) is 4.79 Å². The molecule has 1 aromatic rings. The number of phenolic OH excluding ortho intramolecular Hbond substituents is 1. The van der Waals surface area contributed by atoms with E-state index in [2.05, 4.69) is 5.32 Å². The fraction of sp³-hybridized carbons (Fsp3) is 0.533. The highest BCUT2D eigenvalue weighted by Gasteiger charge is 2.42. The largest absolute Gasteiger partial charge is 0.507 e. The molecule has 1 aliphatic carbocycles. The fourth-order valence-corrected chi connectivity index (χ4v) is 2.20. The van der Waals surface area contributed by atoms with Gasteiger partial charge < -0.3 is 19.9 Å². The van der Waals surface area contributed by atoms with Gasteiger partial charge >= 0.3 is 0 Å². The lowest BCUT2D eigenvalue weighted by Crippen LogP contribution is -2.30. The van der Waals surface area contributed by atoms with Crippen molar-refractivity contribution in [1.82, 2.24) is 5.32 Å². The number of phenols is 1. The Balaban J connectivity index is 1.92. The van der Waals surface area contributed by atoms with Gasteiger partial charge in [-0.25, -0.2) is 0 Å². The first kappa shape index (κ1) is 14.7. The quantitative estimate of drug-likeness (QED) is 0.800. The minimum Gasteiger partial charge on any atom is -0.507 e. The number of nitrogens with one attached hydrogen (secondary N) is 1. The number of hydrogen-bond donors (Lipinski definition) is 2. The van der Waals surface area contributed by atoms with E-state index in [4.69, 9.17) is 9.47 Å². The Kier molecular flexibility index (Phi) is 4.49. The van der Waals surface area contributed by atoms with E-state index in [9.17, 15) is 9.90 Å². The third kappa shape index (κ3) is 3.42. The van der Waals surface area contributed by atoms with Crippen molar-refractivity contribution in [1.29, 1.82) is 0 Å². The molecule has 0 aromatic heterocycles. The zero-order valence-corrected chi connectivity index (χ0v) is 11.9. The number of hydrogen-bond acceptors (Lipinski definition) is 4. The number of aromatic hydroxyl groups is 1. The number of carbonyl (C=O) groups is 1. The molecule has 0 bridgehead atoms. The van der Waals surface area contributed by atoms with Crippen LogP contribution in [0.4, 0.5) is 0 Å². The second-order valence-corrected chi connectivity index (χ2v) is 5.31. The van der Waals surface area contributed by atoms with Crippen LogP contribution in [0.15, 0.2) is 18.2 Å². The van der Waals surface area contributed by atoms with Gasteiger partial charge in [-0.2, -0.15) is 0 Å². The molecule has 0 atom stereocenters. The van der Waals surface area contributed by atoms with Crippen molar-refractivity contribution in [2.75, 3.05) is 27.4 Å². The molecule has 1 amide bonds. The minimum atomic E-state index is -0.256. The van der Waals surface area contributed by atoms with E-state index < -0.39 is 0 Å². The van der Waals surface area contributed by atoms with Crippen LogP contribution < -0.4 is 10.1 Å². The Labute approximate surface area is 118 Å². The van der Waals surface area contributed by atoms with Crippen LogP contribution in [0, 0.1) is 5.41 Å². The first-order chi connectivity index (χ1) is 9.60. The lowest BCUT2D eigenvalue weighted by molar-refractivity contribution is 0.0935. The highest BCUT2D eigenvalue weighted by Crippen LogP contribution is 2.48. The van der Waals surface area contributed by atoms with Gasteiger partial charge in [-0.05, 0) is 36.8 Å². The molecule has 0 saturated heterocycles. The molecule has 0 heterocycles. The third-order valence-corrected chi connectivity index (χ3v) is 3.87. The molecule has 0 radical (unpaired) electrons. The van der Waals surface area contributed by atoms with E-state index in [-0.39, 0.29) is 22.6 Å². The van der Waals surface area contributed by atoms with E-state index in [0.717, 1.165) is 19.3 Å². The highest BCUT2D eigenvalue weighted by molar-refractivity contribution is 5.97. The monoisotopic (exact) mass is 279 g/mol. The average Bonchev–Trinajstić information content (AvgIpc) is 3.23. The predicted octanol–water partition coefficient (Wildman–Crippen LogP) is 1.95. The van der Waals surface area contributed by atoms with Crippen molar-refractivity contribution < 1.29 is 19.4 Å². The SMILES string of the molecule is COCCC1(CNC(=O)c2ccc(OC)cc2O)CC1. The van der Waals surface area contributed by atoms with Crippen LogP contribution in [0.2, 0.25) is 0 Å². The van der Waals surface area contributed by atoms with Crippen LogP contribution in [0.25, 0.3) is 0 Å². The normalized spacial score (nSPS) is 15.7. The maximum absolute atomic E-state index is 12.1. The Bertz CT molecular complexity index is 483. The number of amides is 1. The van der Waals surface area contributed by atoms with Crippen LogP contribution in [0.1, 0.15) is 29.6 Å². The standard InChI is InChI=1S/C15H21NO4/c1-19-8-7-15(5-6-15)10-16-14(18)12-4-3-11(20-2)9-13(12)17/h3-4,9,17H,5-8,10H2,1-2H3,(H,16,18). The number of methoxy groups -OCH3 is 2. The van der Waals surface area contributed by atoms with Crippen LogP contribution in [-0.4, -0.2) is 38.4 Å². The van der Waals surface area contributed by atoms with Crippen molar-refractivity contribution in [2.24, 2.45) is 5.41 Å². The molecule has 2 rings (SSSR count). The molecular weight excluding hydrogens is 258 g/mol. The maximum atomic E-state index is 12.1. The molecule has 20 heavy (non-hydrogen) atoms. The molecule has 2 N–H and O–H groups in total. The molecule has 0 spiro atoms. The lowest BCUT2D eigenvalue weighted by Gasteiger charge is -2.16. The smallest absolute Gasteiger partial charge is 0.255 e. The molecule has 0 aliphatic heterocycles. The Morgan fingerprint density at radius 2 is 2.15 bits per heavy atom. The summed E-state index contributed by atoms with van der Waals surface area (Å²) in [6.45, 7) is 1.34. The van der Waals surface area contributed by atoms with Gasteiger partial charge in [-0.15, -0.1) is 0 Å². The predicted molar refractivity (Wildman–Crippen MR) is 75.2 cm³/mol. The molecule has 5 nitrogen and oxygen atoms in total. The lowest BCUT2D eigenvalue weighted by atomic mass is 10.0. The number of benzene rings is 1. The summed E-state index contributed by atoms with van der Waals surface area (Å²) in [6, 6.07) is 4.66. The zero-order valence-electron chi connectivity index (χ0n) is 11.9. The average molecular weight is 279 g/mol. The zero-order chi connectivity index (χ0) is 14.6. The van der Waals surface area contributed by atoms with E-state index in [1.807, 2.05) is 0 Å². The van der Waals surface area contributed by atoms with Crippen molar-refractivity contribution in [3.05, 3.63) is 23.8 Å². The molecule has 1 saturated carbocycles. The summed E-state index contributed by atoms with van der Waals surface area (Å²) in [4.78, 5) is 12.1. The molecule has 1 fully saturated rings. The van der Waals surface area contributed by atoms with Gasteiger partial charge in [0.15, 0.2) is 0 Å². The first-order valence-corrected chi connectivity index (χ1v) is 6.74. The van der Waals surface area contributed by atoms with Gasteiger partial charge in [0.25, 0.3) is 5.91 Å². The molecular formula is C15H21NO4. The molecule has 1 aliphatic rings. The first-order valence-electron chi connectivity index (χ1n) is 6.74. The van der Waals surface area contributed by atoms with Crippen molar-refractivity contribution >= 4 is 5.91 Å². The Hall–Kier alpha value is -1.75. The van der Waals surface area contributed by atoms with Gasteiger partial charge in [0, 0.05) is 26.3 Å². The Morgan fingerprint density at radius 3 is 2.70 bits per heavy atom. The van der Waals surface area contributed by atoms with Crippen molar-refractivity contribution in [3.63, 3.8) is 0 Å². The van der Waals surface area contributed by atoms with Crippen LogP contribution in [-0.2, 0) is 4.74 Å². The minimum absolute atomic E-state index is 0.0661. The van der Waals surface area contributed by atoms with Gasteiger partial charge in [0.1, 0.15) is 11.5 Å². The van der Waals surface area contributed by atoms with E-state index >= 15 is 0 Å². The van der Waals surface area contributed by atoms with E-state index in [1.54, 1.807) is 19.2 Å². The van der Waals surface area contributed by atoms with Gasteiger partial charge in [0.2, 0.25) is 0 Å². The van der Waals surface area contributed by atoms with Gasteiger partial charge in [0.05, 0.1) is 12.7 Å². The topological polar surface area (TPSA) is 67.8 Å². The van der Waals surface area contributed by atoms with Crippen LogP contribution in [0.5, 0.6) is 11.5 Å². The van der Waals surface area contributed by atoms with Gasteiger partial charge in [-0.1, -0.05) is 0 Å². The summed E-state index contributed by atoms with van der Waals surface area (Å²) in [5.41, 5.74) is 0.460. The fourth-order valence-electron chi connectivity index (χ4n) is 2.20. The summed E-state index contributed by atoms with van der Waals surface area (Å²) in [5.74, 6) is 0.204. The summed E-state index contributed by atoms with van der Waals surface area (Å²) in [5, 5.41) is 12.7. The summed E-state index contributed by atoms with van der Waals surface area (Å²) < 4.78 is 10.1. The van der Waals surface area contributed by atoms with Crippen LogP contribution in [0.3, 0.4) is 0 Å². The molecule has 5 heteroatoms.